The summed E-state index contributed by atoms with van der Waals surface area (Å²) in [6.07, 6.45) is 0.245. The van der Waals surface area contributed by atoms with Crippen LogP contribution in [0.25, 0.3) is 0 Å². The molecule has 1 amide bonds. The topological polar surface area (TPSA) is 81.6 Å². The number of nitrogens with zero attached hydrogens (tertiary/aromatic N) is 2. The van der Waals surface area contributed by atoms with E-state index in [9.17, 15) is 4.79 Å². The van der Waals surface area contributed by atoms with E-state index in [-0.39, 0.29) is 18.1 Å². The van der Waals surface area contributed by atoms with Gasteiger partial charge in [-0.3, -0.25) is 4.79 Å². The van der Waals surface area contributed by atoms with E-state index >= 15 is 0 Å². The van der Waals surface area contributed by atoms with Gasteiger partial charge in [-0.2, -0.15) is 0 Å². The zero-order chi connectivity index (χ0) is 14.0. The Morgan fingerprint density at radius 1 is 1.58 bits per heavy atom. The van der Waals surface area contributed by atoms with Gasteiger partial charge in [-0.1, -0.05) is 5.16 Å². The molecular formula is C13H21N3O3. The van der Waals surface area contributed by atoms with Crippen molar-refractivity contribution in [2.24, 2.45) is 5.73 Å². The lowest BCUT2D eigenvalue weighted by Crippen LogP contribution is -2.51. The van der Waals surface area contributed by atoms with Crippen LogP contribution in [0.4, 0.5) is 0 Å². The molecule has 1 aromatic rings. The van der Waals surface area contributed by atoms with E-state index in [2.05, 4.69) is 5.16 Å². The van der Waals surface area contributed by atoms with Crippen LogP contribution in [0, 0.1) is 13.8 Å². The number of carbonyl (C=O) groups is 1. The summed E-state index contributed by atoms with van der Waals surface area (Å²) >= 11 is 0. The second-order valence-electron chi connectivity index (χ2n) is 5.09. The molecule has 1 aromatic heterocycles. The molecule has 2 unspecified atom stereocenters. The van der Waals surface area contributed by atoms with Crippen molar-refractivity contribution < 1.29 is 14.1 Å². The predicted octanol–water partition coefficient (Wildman–Crippen LogP) is 0.409. The predicted molar refractivity (Wildman–Crippen MR) is 69.7 cm³/mol. The molecule has 19 heavy (non-hydrogen) atoms. The van der Waals surface area contributed by atoms with Crippen LogP contribution < -0.4 is 5.73 Å². The van der Waals surface area contributed by atoms with Gasteiger partial charge in [0.2, 0.25) is 5.91 Å². The van der Waals surface area contributed by atoms with Crippen LogP contribution in [0.5, 0.6) is 0 Å². The molecule has 106 valence electrons. The van der Waals surface area contributed by atoms with E-state index in [1.807, 2.05) is 25.7 Å². The Morgan fingerprint density at radius 3 is 2.89 bits per heavy atom. The molecule has 1 fully saturated rings. The van der Waals surface area contributed by atoms with Crippen molar-refractivity contribution in [3.63, 3.8) is 0 Å². The lowest BCUT2D eigenvalue weighted by Gasteiger charge is -2.34. The maximum atomic E-state index is 12.3. The third-order valence-corrected chi connectivity index (χ3v) is 3.54. The van der Waals surface area contributed by atoms with E-state index in [1.54, 1.807) is 0 Å². The van der Waals surface area contributed by atoms with Crippen LogP contribution in [0.3, 0.4) is 0 Å². The van der Waals surface area contributed by atoms with Crippen LogP contribution in [0.15, 0.2) is 4.52 Å². The first-order chi connectivity index (χ1) is 8.99. The summed E-state index contributed by atoms with van der Waals surface area (Å²) in [5.41, 5.74) is 7.49. The van der Waals surface area contributed by atoms with Crippen LogP contribution in [0.2, 0.25) is 0 Å². The van der Waals surface area contributed by atoms with E-state index in [4.69, 9.17) is 15.0 Å². The van der Waals surface area contributed by atoms with E-state index in [0.717, 1.165) is 11.3 Å². The number of morpholine rings is 1. The van der Waals surface area contributed by atoms with Crippen molar-refractivity contribution in [3.05, 3.63) is 17.0 Å². The minimum Gasteiger partial charge on any atom is -0.373 e. The average molecular weight is 267 g/mol. The summed E-state index contributed by atoms with van der Waals surface area (Å²) in [6, 6.07) is -0.0744. The number of aromatic nitrogens is 1. The molecule has 1 saturated heterocycles. The molecule has 0 aromatic carbocycles. The first-order valence-electron chi connectivity index (χ1n) is 6.55. The van der Waals surface area contributed by atoms with E-state index in [1.165, 1.54) is 0 Å². The molecule has 0 bridgehead atoms. The molecule has 0 saturated carbocycles. The Hall–Kier alpha value is -1.40. The monoisotopic (exact) mass is 267 g/mol. The molecule has 0 radical (unpaired) electrons. The average Bonchev–Trinajstić information content (AvgIpc) is 2.70. The fourth-order valence-corrected chi connectivity index (χ4v) is 2.24. The summed E-state index contributed by atoms with van der Waals surface area (Å²) in [7, 11) is 0. The van der Waals surface area contributed by atoms with Crippen molar-refractivity contribution in [1.29, 1.82) is 0 Å². The highest BCUT2D eigenvalue weighted by atomic mass is 16.5. The summed E-state index contributed by atoms with van der Waals surface area (Å²) in [5.74, 6) is 0.784. The molecule has 0 aliphatic carbocycles. The van der Waals surface area contributed by atoms with Crippen LogP contribution in [0.1, 0.15) is 23.9 Å². The van der Waals surface area contributed by atoms with Gasteiger partial charge in [0, 0.05) is 24.7 Å². The maximum Gasteiger partial charge on any atom is 0.227 e. The van der Waals surface area contributed by atoms with Gasteiger partial charge in [0.05, 0.1) is 24.8 Å². The Morgan fingerprint density at radius 2 is 2.32 bits per heavy atom. The fourth-order valence-electron chi connectivity index (χ4n) is 2.24. The normalized spacial score (nSPS) is 21.5. The highest BCUT2D eigenvalue weighted by Gasteiger charge is 2.27. The molecule has 2 heterocycles. The minimum atomic E-state index is -0.0811. The van der Waals surface area contributed by atoms with Crippen LogP contribution >= 0.6 is 0 Å². The van der Waals surface area contributed by atoms with Gasteiger partial charge < -0.3 is 19.9 Å². The highest BCUT2D eigenvalue weighted by Crippen LogP contribution is 2.15. The SMILES string of the molecule is Cc1noc(C)c1CC(=O)N1CCOC(C(C)N)C1. The van der Waals surface area contributed by atoms with Gasteiger partial charge in [-0.15, -0.1) is 0 Å². The van der Waals surface area contributed by atoms with Crippen molar-refractivity contribution >= 4 is 5.91 Å². The standard InChI is InChI=1S/C13H21N3O3/c1-8(14)12-7-16(4-5-18-12)13(17)6-11-9(2)15-19-10(11)3/h8,12H,4-7,14H2,1-3H3. The van der Waals surface area contributed by atoms with Gasteiger partial charge in [-0.25, -0.2) is 0 Å². The van der Waals surface area contributed by atoms with Crippen LogP contribution in [-0.2, 0) is 16.0 Å². The zero-order valence-corrected chi connectivity index (χ0v) is 11.7. The first kappa shape index (κ1) is 14.0. The second-order valence-corrected chi connectivity index (χ2v) is 5.09. The van der Waals surface area contributed by atoms with Gasteiger partial charge in [0.15, 0.2) is 0 Å². The lowest BCUT2D eigenvalue weighted by atomic mass is 10.1. The summed E-state index contributed by atoms with van der Waals surface area (Å²) < 4.78 is 10.6. The number of rotatable bonds is 3. The molecule has 2 N–H and O–H groups in total. The van der Waals surface area contributed by atoms with Crippen LogP contribution in [-0.4, -0.2) is 47.8 Å². The Balaban J connectivity index is 2.00. The fraction of sp³-hybridized carbons (Fsp3) is 0.692. The number of aryl methyl sites for hydroxylation is 2. The smallest absolute Gasteiger partial charge is 0.227 e. The summed E-state index contributed by atoms with van der Waals surface area (Å²) in [5, 5.41) is 3.87. The largest absolute Gasteiger partial charge is 0.373 e. The van der Waals surface area contributed by atoms with Gasteiger partial charge in [0.1, 0.15) is 5.76 Å². The third kappa shape index (κ3) is 3.13. The molecule has 0 spiro atoms. The van der Waals surface area contributed by atoms with Crippen molar-refractivity contribution in [2.75, 3.05) is 19.7 Å². The first-order valence-corrected chi connectivity index (χ1v) is 6.55. The lowest BCUT2D eigenvalue weighted by molar-refractivity contribution is -0.138. The Labute approximate surface area is 112 Å². The quantitative estimate of drug-likeness (QED) is 0.857. The van der Waals surface area contributed by atoms with Crippen molar-refractivity contribution in [2.45, 2.75) is 39.3 Å². The van der Waals surface area contributed by atoms with Crippen molar-refractivity contribution in [1.82, 2.24) is 10.1 Å². The maximum absolute atomic E-state index is 12.3. The number of hydrogen-bond acceptors (Lipinski definition) is 5. The third-order valence-electron chi connectivity index (χ3n) is 3.54. The number of ether oxygens (including phenoxy) is 1. The molecule has 2 atom stereocenters. The summed E-state index contributed by atoms with van der Waals surface area (Å²) in [4.78, 5) is 14.1. The second kappa shape index (κ2) is 5.71. The van der Waals surface area contributed by atoms with Crippen molar-refractivity contribution in [3.8, 4) is 0 Å². The van der Waals surface area contributed by atoms with Gasteiger partial charge >= 0.3 is 0 Å². The Kier molecular flexibility index (Phi) is 4.21. The van der Waals surface area contributed by atoms with Gasteiger partial charge in [0.25, 0.3) is 0 Å². The molecular weight excluding hydrogens is 246 g/mol. The Bertz CT molecular complexity index is 436. The van der Waals surface area contributed by atoms with E-state index in [0.29, 0.717) is 31.9 Å². The molecule has 1 aliphatic rings. The number of amides is 1. The highest BCUT2D eigenvalue weighted by molar-refractivity contribution is 5.79. The molecule has 6 nitrogen and oxygen atoms in total. The number of hydrogen-bond donors (Lipinski definition) is 1. The van der Waals surface area contributed by atoms with E-state index < -0.39 is 0 Å². The zero-order valence-electron chi connectivity index (χ0n) is 11.7. The molecule has 2 rings (SSSR count). The minimum absolute atomic E-state index is 0.0725. The molecule has 6 heteroatoms. The number of carbonyl (C=O) groups excluding carboxylic acids is 1. The molecule has 1 aliphatic heterocycles. The van der Waals surface area contributed by atoms with Gasteiger partial charge in [-0.05, 0) is 20.8 Å². The summed E-state index contributed by atoms with van der Waals surface area (Å²) in [6.45, 7) is 7.29. The number of nitrogens with two attached hydrogens (primary N) is 1.